The molecular formula is C14H21NO2. The van der Waals surface area contributed by atoms with Crippen molar-refractivity contribution in [3.63, 3.8) is 0 Å². The zero-order valence-corrected chi connectivity index (χ0v) is 10.7. The third kappa shape index (κ3) is 2.61. The normalized spacial score (nSPS) is 30.2. The zero-order chi connectivity index (χ0) is 12.4. The number of methoxy groups -OCH3 is 1. The number of hydrogen-bond acceptors (Lipinski definition) is 3. The summed E-state index contributed by atoms with van der Waals surface area (Å²) in [4.78, 5) is 0. The molecule has 1 saturated heterocycles. The van der Waals surface area contributed by atoms with Gasteiger partial charge in [0.05, 0.1) is 13.2 Å². The topological polar surface area (TPSA) is 41.5 Å². The highest BCUT2D eigenvalue weighted by Gasteiger charge is 2.35. The second kappa shape index (κ2) is 5.07. The Morgan fingerprint density at radius 1 is 1.35 bits per heavy atom. The highest BCUT2D eigenvalue weighted by atomic mass is 16.5. The van der Waals surface area contributed by atoms with Crippen LogP contribution in [0.25, 0.3) is 0 Å². The average molecular weight is 235 g/mol. The predicted molar refractivity (Wildman–Crippen MR) is 68.4 cm³/mol. The van der Waals surface area contributed by atoms with E-state index >= 15 is 0 Å². The van der Waals surface area contributed by atoms with E-state index in [1.807, 2.05) is 19.1 Å². The van der Waals surface area contributed by atoms with Gasteiger partial charge >= 0.3 is 0 Å². The Morgan fingerprint density at radius 3 is 2.53 bits per heavy atom. The zero-order valence-electron chi connectivity index (χ0n) is 10.7. The molecule has 94 valence electrons. The van der Waals surface area contributed by atoms with Gasteiger partial charge in [-0.1, -0.05) is 12.1 Å². The molecule has 3 heteroatoms. The summed E-state index contributed by atoms with van der Waals surface area (Å²) in [5, 5.41) is 13.3. The van der Waals surface area contributed by atoms with E-state index in [4.69, 9.17) is 4.74 Å². The number of ether oxygens (including phenoxy) is 1. The fourth-order valence-electron chi connectivity index (χ4n) is 2.71. The summed E-state index contributed by atoms with van der Waals surface area (Å²) in [7, 11) is 1.67. The van der Waals surface area contributed by atoms with E-state index in [-0.39, 0.29) is 12.1 Å². The summed E-state index contributed by atoms with van der Waals surface area (Å²) in [6.07, 6.45) is 0.745. The summed E-state index contributed by atoms with van der Waals surface area (Å²) < 4.78 is 5.16. The van der Waals surface area contributed by atoms with Gasteiger partial charge in [-0.15, -0.1) is 0 Å². The third-order valence-electron chi connectivity index (χ3n) is 3.58. The van der Waals surface area contributed by atoms with Crippen LogP contribution in [0.3, 0.4) is 0 Å². The maximum Gasteiger partial charge on any atom is 0.118 e. The van der Waals surface area contributed by atoms with Crippen molar-refractivity contribution in [2.75, 3.05) is 7.11 Å². The van der Waals surface area contributed by atoms with E-state index in [0.29, 0.717) is 12.0 Å². The molecule has 1 aliphatic heterocycles. The van der Waals surface area contributed by atoms with Crippen molar-refractivity contribution in [3.05, 3.63) is 29.8 Å². The maximum atomic E-state index is 9.82. The Kier molecular flexibility index (Phi) is 3.69. The molecule has 0 aliphatic carbocycles. The minimum absolute atomic E-state index is 0.151. The molecule has 17 heavy (non-hydrogen) atoms. The fourth-order valence-corrected chi connectivity index (χ4v) is 2.71. The van der Waals surface area contributed by atoms with Gasteiger partial charge in [0.1, 0.15) is 5.75 Å². The summed E-state index contributed by atoms with van der Waals surface area (Å²) >= 11 is 0. The molecule has 0 saturated carbocycles. The number of aliphatic hydroxyl groups is 1. The average Bonchev–Trinajstić information content (AvgIpc) is 2.72. The van der Waals surface area contributed by atoms with E-state index in [0.717, 1.165) is 12.2 Å². The molecule has 1 fully saturated rings. The Morgan fingerprint density at radius 2 is 2.00 bits per heavy atom. The Labute approximate surface area is 103 Å². The second-order valence-electron chi connectivity index (χ2n) is 4.95. The van der Waals surface area contributed by atoms with Crippen molar-refractivity contribution in [2.45, 2.75) is 44.4 Å². The molecule has 2 N–H and O–H groups in total. The summed E-state index contributed by atoms with van der Waals surface area (Å²) in [5.74, 6) is 1.26. The molecule has 3 nitrogen and oxygen atoms in total. The number of aliphatic hydroxyl groups excluding tert-OH is 1. The summed E-state index contributed by atoms with van der Waals surface area (Å²) in [6, 6.07) is 8.77. The minimum Gasteiger partial charge on any atom is -0.497 e. The van der Waals surface area contributed by atoms with Crippen molar-refractivity contribution in [1.29, 1.82) is 0 Å². The third-order valence-corrected chi connectivity index (χ3v) is 3.58. The smallest absolute Gasteiger partial charge is 0.118 e. The Bertz CT molecular complexity index is 361. The van der Waals surface area contributed by atoms with Gasteiger partial charge in [0.15, 0.2) is 0 Å². The fraction of sp³-hybridized carbons (Fsp3) is 0.571. The van der Waals surface area contributed by atoms with Crippen LogP contribution in [0.2, 0.25) is 0 Å². The molecule has 0 radical (unpaired) electrons. The standard InChI is InChI=1S/C14H21NO2/c1-9-8-13(14(15-9)10(2)16)11-4-6-12(17-3)7-5-11/h4-7,9-10,13-16H,8H2,1-3H3/t9-,10+,13-,14-/m1/s1. The molecule has 0 aromatic heterocycles. The molecule has 1 heterocycles. The number of hydrogen-bond donors (Lipinski definition) is 2. The van der Waals surface area contributed by atoms with Gasteiger partial charge < -0.3 is 15.2 Å². The minimum atomic E-state index is -0.327. The molecule has 1 aliphatic rings. The van der Waals surface area contributed by atoms with Crippen molar-refractivity contribution in [2.24, 2.45) is 0 Å². The van der Waals surface area contributed by atoms with Gasteiger partial charge in [-0.25, -0.2) is 0 Å². The van der Waals surface area contributed by atoms with Crippen LogP contribution in [0.5, 0.6) is 5.75 Å². The van der Waals surface area contributed by atoms with Crippen LogP contribution in [0, 0.1) is 0 Å². The molecule has 0 spiro atoms. The van der Waals surface area contributed by atoms with E-state index in [1.165, 1.54) is 5.56 Å². The van der Waals surface area contributed by atoms with E-state index in [1.54, 1.807) is 7.11 Å². The van der Waals surface area contributed by atoms with Gasteiger partial charge in [0.2, 0.25) is 0 Å². The Hall–Kier alpha value is -1.06. The molecule has 4 atom stereocenters. The highest BCUT2D eigenvalue weighted by Crippen LogP contribution is 2.33. The predicted octanol–water partition coefficient (Wildman–Crippen LogP) is 1.91. The summed E-state index contributed by atoms with van der Waals surface area (Å²) in [5.41, 5.74) is 1.27. The molecule has 0 bridgehead atoms. The van der Waals surface area contributed by atoms with Crippen LogP contribution in [0.1, 0.15) is 31.7 Å². The van der Waals surface area contributed by atoms with Crippen LogP contribution < -0.4 is 10.1 Å². The first-order chi connectivity index (χ1) is 8.11. The largest absolute Gasteiger partial charge is 0.497 e. The van der Waals surface area contributed by atoms with Crippen LogP contribution >= 0.6 is 0 Å². The Balaban J connectivity index is 2.19. The van der Waals surface area contributed by atoms with Gasteiger partial charge in [-0.3, -0.25) is 0 Å². The van der Waals surface area contributed by atoms with Crippen molar-refractivity contribution < 1.29 is 9.84 Å². The first-order valence-corrected chi connectivity index (χ1v) is 6.20. The van der Waals surface area contributed by atoms with Crippen molar-refractivity contribution in [3.8, 4) is 5.75 Å². The van der Waals surface area contributed by atoms with Gasteiger partial charge in [-0.2, -0.15) is 0 Å². The van der Waals surface area contributed by atoms with Crippen LogP contribution in [-0.2, 0) is 0 Å². The van der Waals surface area contributed by atoms with Crippen LogP contribution in [-0.4, -0.2) is 30.4 Å². The van der Waals surface area contributed by atoms with Crippen LogP contribution in [0.15, 0.2) is 24.3 Å². The van der Waals surface area contributed by atoms with Gasteiger partial charge in [-0.05, 0) is 38.0 Å². The first-order valence-electron chi connectivity index (χ1n) is 6.20. The SMILES string of the molecule is COc1ccc([C@H]2C[C@@H](C)N[C@@H]2[C@H](C)O)cc1. The molecular weight excluding hydrogens is 214 g/mol. The number of nitrogens with one attached hydrogen (secondary N) is 1. The lowest BCUT2D eigenvalue weighted by Gasteiger charge is -2.22. The highest BCUT2D eigenvalue weighted by molar-refractivity contribution is 5.31. The molecule has 2 rings (SSSR count). The lowest BCUT2D eigenvalue weighted by molar-refractivity contribution is 0.145. The lowest BCUT2D eigenvalue weighted by atomic mass is 9.88. The van der Waals surface area contributed by atoms with Crippen molar-refractivity contribution >= 4 is 0 Å². The monoisotopic (exact) mass is 235 g/mol. The van der Waals surface area contributed by atoms with Crippen molar-refractivity contribution in [1.82, 2.24) is 5.32 Å². The van der Waals surface area contributed by atoms with E-state index < -0.39 is 0 Å². The van der Waals surface area contributed by atoms with E-state index in [2.05, 4.69) is 24.4 Å². The molecule has 1 aromatic carbocycles. The molecule has 0 amide bonds. The summed E-state index contributed by atoms with van der Waals surface area (Å²) in [6.45, 7) is 4.02. The van der Waals surface area contributed by atoms with Crippen LogP contribution in [0.4, 0.5) is 0 Å². The second-order valence-corrected chi connectivity index (χ2v) is 4.95. The lowest BCUT2D eigenvalue weighted by Crippen LogP contribution is -2.38. The maximum absolute atomic E-state index is 9.82. The van der Waals surface area contributed by atoms with E-state index in [9.17, 15) is 5.11 Å². The van der Waals surface area contributed by atoms with Gasteiger partial charge in [0, 0.05) is 18.0 Å². The quantitative estimate of drug-likeness (QED) is 0.841. The molecule has 1 aromatic rings. The first kappa shape index (κ1) is 12.4. The van der Waals surface area contributed by atoms with Gasteiger partial charge in [0.25, 0.3) is 0 Å². The molecule has 0 unspecified atom stereocenters. The number of rotatable bonds is 3. The number of benzene rings is 1.